The van der Waals surface area contributed by atoms with Crippen LogP contribution < -0.4 is 11.1 Å². The van der Waals surface area contributed by atoms with E-state index in [1.165, 1.54) is 57.8 Å². The van der Waals surface area contributed by atoms with E-state index in [1.54, 1.807) is 0 Å². The first-order valence-electron chi connectivity index (χ1n) is 23.4. The van der Waals surface area contributed by atoms with Gasteiger partial charge in [-0.2, -0.15) is 0 Å². The summed E-state index contributed by atoms with van der Waals surface area (Å²) in [6.07, 6.45) is 59.3. The van der Waals surface area contributed by atoms with Crippen LogP contribution in [0.5, 0.6) is 0 Å². The van der Waals surface area contributed by atoms with E-state index in [0.29, 0.717) is 32.2 Å². The van der Waals surface area contributed by atoms with Gasteiger partial charge in [-0.05, 0) is 115 Å². The predicted molar refractivity (Wildman–Crippen MR) is 248 cm³/mol. The van der Waals surface area contributed by atoms with Gasteiger partial charge < -0.3 is 20.9 Å². The van der Waals surface area contributed by atoms with Crippen LogP contribution in [0.1, 0.15) is 200 Å². The van der Waals surface area contributed by atoms with Gasteiger partial charge in [0.05, 0.1) is 0 Å². The van der Waals surface area contributed by atoms with Gasteiger partial charge in [-0.15, -0.1) is 0 Å². The highest BCUT2D eigenvalue weighted by Crippen LogP contribution is 2.15. The highest BCUT2D eigenvalue weighted by molar-refractivity contribution is 5.83. The normalized spacial score (nSPS) is 13.4. The molecule has 4 N–H and O–H groups in total. The van der Waals surface area contributed by atoms with Crippen LogP contribution in [0.25, 0.3) is 0 Å². The van der Waals surface area contributed by atoms with E-state index in [0.717, 1.165) is 103 Å². The molecule has 0 saturated heterocycles. The van der Waals surface area contributed by atoms with Gasteiger partial charge in [0.15, 0.2) is 0 Å². The number of nitrogens with two attached hydrogens (primary N) is 1. The van der Waals surface area contributed by atoms with Crippen LogP contribution in [0.4, 0.5) is 0 Å². The fourth-order valence-electron chi connectivity index (χ4n) is 6.43. The SMILES string of the molecule is CC/C=C\C/C=C\C/C=C\C/C=C\C(CCCCCCCC(=O)NC(CCCN)C(=O)O)OC(=O)CCCCCCCC/C=C\C/C=C\C/C=C\CCCCCCC. The molecule has 0 rings (SSSR count). The maximum atomic E-state index is 12.8. The first kappa shape index (κ1) is 54.6. The number of nitrogens with one attached hydrogen (secondary N) is 1. The van der Waals surface area contributed by atoms with Crippen LogP contribution in [-0.4, -0.2) is 41.6 Å². The van der Waals surface area contributed by atoms with Crippen LogP contribution in [0.15, 0.2) is 85.1 Å². The second-order valence-corrected chi connectivity index (χ2v) is 15.4. The van der Waals surface area contributed by atoms with Crippen molar-refractivity contribution >= 4 is 17.8 Å². The highest BCUT2D eigenvalue weighted by Gasteiger charge is 2.18. The molecule has 0 fully saturated rings. The number of amides is 1. The Morgan fingerprint density at radius 3 is 1.53 bits per heavy atom. The minimum Gasteiger partial charge on any atom is -0.480 e. The van der Waals surface area contributed by atoms with Crippen molar-refractivity contribution in [1.29, 1.82) is 0 Å². The van der Waals surface area contributed by atoms with Crippen LogP contribution >= 0.6 is 0 Å². The molecular formula is C51H86N2O5. The summed E-state index contributed by atoms with van der Waals surface area (Å²) in [5, 5.41) is 11.9. The lowest BCUT2D eigenvalue weighted by Crippen LogP contribution is -2.40. The second kappa shape index (κ2) is 44.6. The van der Waals surface area contributed by atoms with Crippen molar-refractivity contribution in [2.24, 2.45) is 5.73 Å². The van der Waals surface area contributed by atoms with Gasteiger partial charge in [0, 0.05) is 12.8 Å². The largest absolute Gasteiger partial charge is 0.480 e. The fraction of sp³-hybridized carbons (Fsp3) is 0.667. The third-order valence-electron chi connectivity index (χ3n) is 9.93. The summed E-state index contributed by atoms with van der Waals surface area (Å²) in [4.78, 5) is 36.4. The van der Waals surface area contributed by atoms with Crippen molar-refractivity contribution in [2.75, 3.05) is 6.54 Å². The quantitative estimate of drug-likeness (QED) is 0.0322. The van der Waals surface area contributed by atoms with Crippen LogP contribution in [-0.2, 0) is 19.1 Å². The van der Waals surface area contributed by atoms with Crippen LogP contribution in [0.3, 0.4) is 0 Å². The Balaban J connectivity index is 4.38. The van der Waals surface area contributed by atoms with Gasteiger partial charge in [0.1, 0.15) is 12.1 Å². The van der Waals surface area contributed by atoms with Crippen molar-refractivity contribution in [2.45, 2.75) is 212 Å². The summed E-state index contributed by atoms with van der Waals surface area (Å²) in [7, 11) is 0. The molecule has 0 radical (unpaired) electrons. The Morgan fingerprint density at radius 1 is 0.534 bits per heavy atom. The molecule has 0 aliphatic carbocycles. The summed E-state index contributed by atoms with van der Waals surface area (Å²) >= 11 is 0. The number of carboxylic acid groups (broad SMARTS) is 1. The number of esters is 1. The average Bonchev–Trinajstić information content (AvgIpc) is 3.21. The van der Waals surface area contributed by atoms with Gasteiger partial charge in [0.2, 0.25) is 5.91 Å². The number of ether oxygens (including phenoxy) is 1. The number of hydrogen-bond donors (Lipinski definition) is 3. The lowest BCUT2D eigenvalue weighted by molar-refractivity contribution is -0.147. The number of carboxylic acids is 1. The number of hydrogen-bond acceptors (Lipinski definition) is 5. The Bertz CT molecular complexity index is 1180. The van der Waals surface area contributed by atoms with Crippen molar-refractivity contribution in [3.63, 3.8) is 0 Å². The summed E-state index contributed by atoms with van der Waals surface area (Å²) < 4.78 is 5.94. The Hall–Kier alpha value is -3.45. The van der Waals surface area contributed by atoms with Gasteiger partial charge in [-0.25, -0.2) is 4.79 Å². The number of allylic oxidation sites excluding steroid dienone is 13. The van der Waals surface area contributed by atoms with E-state index >= 15 is 0 Å². The third kappa shape index (κ3) is 40.7. The zero-order valence-corrected chi connectivity index (χ0v) is 37.1. The van der Waals surface area contributed by atoms with E-state index in [9.17, 15) is 19.5 Å². The van der Waals surface area contributed by atoms with Crippen molar-refractivity contribution in [3.05, 3.63) is 85.1 Å². The van der Waals surface area contributed by atoms with Crippen molar-refractivity contribution in [1.82, 2.24) is 5.32 Å². The third-order valence-corrected chi connectivity index (χ3v) is 9.93. The summed E-state index contributed by atoms with van der Waals surface area (Å²) in [5.41, 5.74) is 5.48. The zero-order chi connectivity index (χ0) is 42.4. The zero-order valence-electron chi connectivity index (χ0n) is 37.1. The van der Waals surface area contributed by atoms with Gasteiger partial charge in [0.25, 0.3) is 0 Å². The molecule has 7 nitrogen and oxygen atoms in total. The van der Waals surface area contributed by atoms with Gasteiger partial charge >= 0.3 is 11.9 Å². The number of carbonyl (C=O) groups is 3. The molecule has 7 heteroatoms. The Labute approximate surface area is 355 Å². The van der Waals surface area contributed by atoms with E-state index < -0.39 is 12.0 Å². The van der Waals surface area contributed by atoms with Crippen LogP contribution in [0.2, 0.25) is 0 Å². The van der Waals surface area contributed by atoms with E-state index in [4.69, 9.17) is 10.5 Å². The first-order chi connectivity index (χ1) is 28.4. The molecule has 330 valence electrons. The minimum atomic E-state index is -1.02. The fourth-order valence-corrected chi connectivity index (χ4v) is 6.43. The molecule has 58 heavy (non-hydrogen) atoms. The molecule has 0 aromatic carbocycles. The highest BCUT2D eigenvalue weighted by atomic mass is 16.5. The Morgan fingerprint density at radius 2 is 1.00 bits per heavy atom. The molecule has 0 heterocycles. The van der Waals surface area contributed by atoms with E-state index in [2.05, 4.69) is 98.2 Å². The predicted octanol–water partition coefficient (Wildman–Crippen LogP) is 13.7. The first-order valence-corrected chi connectivity index (χ1v) is 23.4. The number of carbonyl (C=O) groups excluding carboxylic acids is 2. The molecule has 2 unspecified atom stereocenters. The van der Waals surface area contributed by atoms with Gasteiger partial charge in [-0.1, -0.05) is 163 Å². The molecule has 0 aromatic heterocycles. The summed E-state index contributed by atoms with van der Waals surface area (Å²) in [6, 6.07) is -0.873. The Kier molecular flexibility index (Phi) is 42.0. The van der Waals surface area contributed by atoms with Crippen LogP contribution in [0, 0.1) is 0 Å². The lowest BCUT2D eigenvalue weighted by atomic mass is 10.1. The van der Waals surface area contributed by atoms with Crippen molar-refractivity contribution < 1.29 is 24.2 Å². The standard InChI is InChI=1S/C51H86N2O5/c1-3-5-7-9-11-13-15-16-17-18-19-20-21-22-23-24-26-28-30-35-39-45-50(55)58-47(41-36-32-29-27-25-14-12-10-8-6-4-2)42-37-33-31-34-38-44-49(54)53-48(51(56)57)43-40-46-52/h6,8,12,14-16,18-19,21-22,27,29,36,41,47-48H,3-5,7,9-11,13,17,20,23-26,28,30-35,37-40,42-46,52H2,1-2H3,(H,53,54)(H,56,57)/b8-6-,14-12-,16-15-,19-18-,22-21-,29-27-,41-36-. The maximum absolute atomic E-state index is 12.8. The average molecular weight is 807 g/mol. The number of aliphatic carboxylic acids is 1. The van der Waals surface area contributed by atoms with E-state index in [1.807, 2.05) is 6.08 Å². The monoisotopic (exact) mass is 807 g/mol. The van der Waals surface area contributed by atoms with Gasteiger partial charge in [-0.3, -0.25) is 9.59 Å². The maximum Gasteiger partial charge on any atom is 0.326 e. The van der Waals surface area contributed by atoms with E-state index in [-0.39, 0.29) is 18.0 Å². The molecule has 0 saturated carbocycles. The molecular weight excluding hydrogens is 721 g/mol. The molecule has 0 aliphatic heterocycles. The summed E-state index contributed by atoms with van der Waals surface area (Å²) in [5.74, 6) is -1.35. The topological polar surface area (TPSA) is 119 Å². The smallest absolute Gasteiger partial charge is 0.326 e. The molecule has 0 bridgehead atoms. The number of unbranched alkanes of at least 4 members (excludes halogenated alkanes) is 15. The number of rotatable bonds is 41. The molecule has 1 amide bonds. The summed E-state index contributed by atoms with van der Waals surface area (Å²) in [6.45, 7) is 4.80. The van der Waals surface area contributed by atoms with Crippen molar-refractivity contribution in [3.8, 4) is 0 Å². The molecule has 0 aliphatic rings. The molecule has 0 spiro atoms. The second-order valence-electron chi connectivity index (χ2n) is 15.4. The molecule has 2 atom stereocenters. The lowest BCUT2D eigenvalue weighted by Gasteiger charge is -2.15. The molecule has 0 aromatic rings. The minimum absolute atomic E-state index is 0.113.